The van der Waals surface area contributed by atoms with E-state index in [1.807, 2.05) is 71.6 Å². The molecule has 10 heteroatoms. The first kappa shape index (κ1) is 37.2. The summed E-state index contributed by atoms with van der Waals surface area (Å²) in [5, 5.41) is 10.9. The molecular weight excluding hydrogens is 622 g/mol. The minimum absolute atomic E-state index is 0. The molecule has 1 aliphatic heterocycles. The van der Waals surface area contributed by atoms with Crippen molar-refractivity contribution in [2.75, 3.05) is 46.4 Å². The van der Waals surface area contributed by atoms with Gasteiger partial charge in [0.15, 0.2) is 0 Å². The molecule has 0 radical (unpaired) electrons. The van der Waals surface area contributed by atoms with E-state index in [0.717, 1.165) is 49.9 Å². The first-order chi connectivity index (χ1) is 21.8. The highest BCUT2D eigenvalue weighted by molar-refractivity contribution is 7.89. The third-order valence-corrected chi connectivity index (χ3v) is 10.6. The van der Waals surface area contributed by atoms with Gasteiger partial charge >= 0.3 is 6.09 Å². The van der Waals surface area contributed by atoms with Crippen LogP contribution in [0.4, 0.5) is 4.79 Å². The van der Waals surface area contributed by atoms with E-state index in [9.17, 15) is 18.3 Å². The van der Waals surface area contributed by atoms with Gasteiger partial charge in [-0.15, -0.1) is 19.0 Å². The Kier molecular flexibility index (Phi) is 14.7. The highest BCUT2D eigenvalue weighted by atomic mass is 35.5. The summed E-state index contributed by atoms with van der Waals surface area (Å²) in [6.45, 7) is 6.92. The van der Waals surface area contributed by atoms with E-state index in [0.29, 0.717) is 19.5 Å². The highest BCUT2D eigenvalue weighted by Crippen LogP contribution is 2.32. The van der Waals surface area contributed by atoms with E-state index >= 15 is 0 Å². The average Bonchev–Trinajstić information content (AvgIpc) is 3.09. The van der Waals surface area contributed by atoms with Crippen molar-refractivity contribution in [2.45, 2.75) is 55.1 Å². The van der Waals surface area contributed by atoms with Crippen molar-refractivity contribution in [3.8, 4) is 0 Å². The number of nitrogens with zero attached hydrogens (tertiary/aromatic N) is 3. The van der Waals surface area contributed by atoms with Crippen molar-refractivity contribution >= 4 is 28.5 Å². The molecule has 4 rings (SSSR count). The van der Waals surface area contributed by atoms with Crippen LogP contribution in [-0.4, -0.2) is 86.1 Å². The maximum Gasteiger partial charge on any atom is 0.410 e. The fraction of sp³-hybridized carbons (Fsp3) is 0.417. The van der Waals surface area contributed by atoms with Crippen LogP contribution in [0.25, 0.3) is 0 Å². The molecule has 1 amide bonds. The molecule has 0 aliphatic carbocycles. The molecule has 3 aromatic rings. The van der Waals surface area contributed by atoms with Crippen LogP contribution in [0.3, 0.4) is 0 Å². The van der Waals surface area contributed by atoms with Crippen molar-refractivity contribution < 1.29 is 23.1 Å². The zero-order valence-corrected chi connectivity index (χ0v) is 28.4. The number of hydrogen-bond donors (Lipinski definition) is 1. The molecule has 1 aliphatic rings. The van der Waals surface area contributed by atoms with Crippen molar-refractivity contribution in [1.82, 2.24) is 14.1 Å². The SMILES string of the molecule is C=CCCCN(C(=O)OCc1ccccc1)C1CCN(CCC(CO)(CN(C)S(=O)(=O)c2ccccc2)c2ccccc2)CC1.Cl. The van der Waals surface area contributed by atoms with E-state index in [2.05, 4.69) is 11.5 Å². The fourth-order valence-electron chi connectivity index (χ4n) is 6.07. The number of amides is 1. The zero-order valence-electron chi connectivity index (χ0n) is 26.7. The number of halogens is 1. The Morgan fingerprint density at radius 3 is 2.17 bits per heavy atom. The minimum Gasteiger partial charge on any atom is -0.445 e. The maximum atomic E-state index is 13.4. The van der Waals surface area contributed by atoms with Gasteiger partial charge in [-0.1, -0.05) is 84.9 Å². The molecule has 250 valence electrons. The molecule has 1 N–H and O–H groups in total. The first-order valence-electron chi connectivity index (χ1n) is 15.8. The molecule has 3 aromatic carbocycles. The number of ether oxygens (including phenoxy) is 1. The van der Waals surface area contributed by atoms with Crippen LogP contribution >= 0.6 is 12.4 Å². The predicted molar refractivity (Wildman–Crippen MR) is 186 cm³/mol. The van der Waals surface area contributed by atoms with E-state index in [-0.39, 0.29) is 49.2 Å². The van der Waals surface area contributed by atoms with Crippen molar-refractivity contribution in [2.24, 2.45) is 0 Å². The summed E-state index contributed by atoms with van der Waals surface area (Å²) in [4.78, 5) is 17.7. The highest BCUT2D eigenvalue weighted by Gasteiger charge is 2.37. The molecular formula is C36H48ClN3O5S. The third-order valence-electron chi connectivity index (χ3n) is 8.82. The number of rotatable bonds is 16. The van der Waals surface area contributed by atoms with Crippen LogP contribution < -0.4 is 0 Å². The normalized spacial score (nSPS) is 15.5. The Morgan fingerprint density at radius 2 is 1.59 bits per heavy atom. The Labute approximate surface area is 281 Å². The van der Waals surface area contributed by atoms with Crippen LogP contribution in [-0.2, 0) is 26.8 Å². The lowest BCUT2D eigenvalue weighted by Gasteiger charge is -2.41. The van der Waals surface area contributed by atoms with Crippen molar-refractivity contribution in [3.05, 3.63) is 115 Å². The van der Waals surface area contributed by atoms with Crippen LogP contribution in [0.1, 0.15) is 43.2 Å². The number of likely N-dealkylation sites (tertiary alicyclic amines) is 1. The number of carbonyl (C=O) groups excluding carboxylic acids is 1. The summed E-state index contributed by atoms with van der Waals surface area (Å²) in [7, 11) is -2.16. The first-order valence-corrected chi connectivity index (χ1v) is 17.2. The number of aliphatic hydroxyl groups excluding tert-OH is 1. The monoisotopic (exact) mass is 669 g/mol. The molecule has 1 atom stereocenters. The average molecular weight is 670 g/mol. The number of carbonyl (C=O) groups is 1. The van der Waals surface area contributed by atoms with Gasteiger partial charge < -0.3 is 19.6 Å². The molecule has 1 heterocycles. The van der Waals surface area contributed by atoms with Gasteiger partial charge in [-0.2, -0.15) is 4.31 Å². The Morgan fingerprint density at radius 1 is 1.00 bits per heavy atom. The largest absolute Gasteiger partial charge is 0.445 e. The standard InChI is InChI=1S/C36H47N3O5S.ClH/c1-3-4-14-24-39(35(41)44-28-31-15-8-5-9-16-31)33-21-25-38(26-22-33)27-23-36(30-40,32-17-10-6-11-18-32)29-37(2)45(42,43)34-19-12-7-13-20-34;/h3,5-13,15-20,33,40H,1,4,14,21-30H2,2H3;1H. The lowest BCUT2D eigenvalue weighted by Crippen LogP contribution is -2.50. The summed E-state index contributed by atoms with van der Waals surface area (Å²) in [6.07, 6.45) is 5.46. The molecule has 0 spiro atoms. The maximum absolute atomic E-state index is 13.4. The third kappa shape index (κ3) is 9.89. The number of unbranched alkanes of at least 4 members (excludes halogenated alkanes) is 1. The van der Waals surface area contributed by atoms with E-state index in [1.54, 1.807) is 37.4 Å². The fourth-order valence-corrected chi connectivity index (χ4v) is 7.35. The number of benzene rings is 3. The molecule has 8 nitrogen and oxygen atoms in total. The number of likely N-dealkylation sites (N-methyl/N-ethyl adjacent to an activating group) is 1. The quantitative estimate of drug-likeness (QED) is 0.146. The second kappa shape index (κ2) is 18.2. The molecule has 46 heavy (non-hydrogen) atoms. The van der Waals surface area contributed by atoms with Gasteiger partial charge in [-0.05, 0) is 61.9 Å². The van der Waals surface area contributed by atoms with Gasteiger partial charge in [-0.25, -0.2) is 13.2 Å². The topological polar surface area (TPSA) is 90.4 Å². The second-order valence-corrected chi connectivity index (χ2v) is 13.9. The number of aliphatic hydroxyl groups is 1. The van der Waals surface area contributed by atoms with Crippen molar-refractivity contribution in [3.63, 3.8) is 0 Å². The Bertz CT molecular complexity index is 1440. The van der Waals surface area contributed by atoms with E-state index in [4.69, 9.17) is 4.74 Å². The number of piperidine rings is 1. The Hall–Kier alpha value is -3.21. The molecule has 0 bridgehead atoms. The molecule has 1 unspecified atom stereocenters. The molecule has 1 saturated heterocycles. The van der Waals surface area contributed by atoms with Gasteiger partial charge in [0, 0.05) is 44.7 Å². The van der Waals surface area contributed by atoms with Gasteiger partial charge in [0.1, 0.15) is 6.61 Å². The van der Waals surface area contributed by atoms with Crippen LogP contribution in [0.15, 0.2) is 109 Å². The lowest BCUT2D eigenvalue weighted by atomic mass is 9.77. The molecule has 0 saturated carbocycles. The van der Waals surface area contributed by atoms with E-state index in [1.165, 1.54) is 4.31 Å². The summed E-state index contributed by atoms with van der Waals surface area (Å²) < 4.78 is 33.9. The summed E-state index contributed by atoms with van der Waals surface area (Å²) in [5.74, 6) is 0. The van der Waals surface area contributed by atoms with E-state index < -0.39 is 15.4 Å². The summed E-state index contributed by atoms with van der Waals surface area (Å²) in [6, 6.07) is 27.9. The Balaban J connectivity index is 0.00000576. The minimum atomic E-state index is -3.74. The predicted octanol–water partition coefficient (Wildman–Crippen LogP) is 6.12. The zero-order chi connectivity index (χ0) is 32.1. The molecule has 1 fully saturated rings. The molecule has 0 aromatic heterocycles. The lowest BCUT2D eigenvalue weighted by molar-refractivity contribution is 0.0573. The van der Waals surface area contributed by atoms with Gasteiger partial charge in [0.05, 0.1) is 11.5 Å². The summed E-state index contributed by atoms with van der Waals surface area (Å²) in [5.41, 5.74) is 1.08. The van der Waals surface area contributed by atoms with Gasteiger partial charge in [-0.3, -0.25) is 0 Å². The van der Waals surface area contributed by atoms with Crippen LogP contribution in [0.5, 0.6) is 0 Å². The van der Waals surface area contributed by atoms with Crippen LogP contribution in [0.2, 0.25) is 0 Å². The number of sulfonamides is 1. The van der Waals surface area contributed by atoms with Gasteiger partial charge in [0.25, 0.3) is 0 Å². The smallest absolute Gasteiger partial charge is 0.410 e. The van der Waals surface area contributed by atoms with Gasteiger partial charge in [0.2, 0.25) is 10.0 Å². The second-order valence-electron chi connectivity index (χ2n) is 11.9. The number of allylic oxidation sites excluding steroid dienone is 1. The van der Waals surface area contributed by atoms with Crippen molar-refractivity contribution in [1.29, 1.82) is 0 Å². The van der Waals surface area contributed by atoms with Crippen LogP contribution in [0, 0.1) is 0 Å². The number of hydrogen-bond acceptors (Lipinski definition) is 6. The summed E-state index contributed by atoms with van der Waals surface area (Å²) >= 11 is 0.